The van der Waals surface area contributed by atoms with Gasteiger partial charge < -0.3 is 30.2 Å². The minimum Gasteiger partial charge on any atom is -0.496 e. The highest BCUT2D eigenvalue weighted by Gasteiger charge is 2.25. The molecule has 0 aliphatic carbocycles. The minimum atomic E-state index is -0.548. The number of rotatable bonds is 5. The molecule has 5 rings (SSSR count). The summed E-state index contributed by atoms with van der Waals surface area (Å²) in [5.74, 6) is 0.000655. The maximum absolute atomic E-state index is 13.2. The molecule has 1 atom stereocenters. The number of benzene rings is 3. The molecule has 8 heteroatoms. The molecule has 8 nitrogen and oxygen atoms in total. The van der Waals surface area contributed by atoms with Gasteiger partial charge in [-0.15, -0.1) is 0 Å². The number of methoxy groups -OCH3 is 1. The van der Waals surface area contributed by atoms with Crippen LogP contribution in [0.3, 0.4) is 0 Å². The van der Waals surface area contributed by atoms with E-state index >= 15 is 0 Å². The zero-order valence-corrected chi connectivity index (χ0v) is 18.7. The molecule has 174 valence electrons. The van der Waals surface area contributed by atoms with Gasteiger partial charge in [-0.1, -0.05) is 18.2 Å². The van der Waals surface area contributed by atoms with Crippen molar-refractivity contribution in [3.63, 3.8) is 0 Å². The number of para-hydroxylation sites is 1. The number of aliphatic hydroxyl groups is 1. The van der Waals surface area contributed by atoms with Crippen LogP contribution in [0.2, 0.25) is 0 Å². The number of hydrogen-bond donors (Lipinski definition) is 3. The molecule has 0 spiro atoms. The van der Waals surface area contributed by atoms with Gasteiger partial charge in [-0.2, -0.15) is 0 Å². The summed E-state index contributed by atoms with van der Waals surface area (Å²) >= 11 is 0. The molecule has 0 saturated carbocycles. The van der Waals surface area contributed by atoms with Crippen molar-refractivity contribution < 1.29 is 24.2 Å². The second kappa shape index (κ2) is 8.81. The van der Waals surface area contributed by atoms with E-state index in [1.54, 1.807) is 24.1 Å². The lowest BCUT2D eigenvalue weighted by molar-refractivity contribution is -0.0447. The van der Waals surface area contributed by atoms with Gasteiger partial charge in [0.1, 0.15) is 5.75 Å². The Morgan fingerprint density at radius 2 is 2.00 bits per heavy atom. The molecule has 34 heavy (non-hydrogen) atoms. The Kier molecular flexibility index (Phi) is 5.69. The fourth-order valence-corrected chi connectivity index (χ4v) is 4.56. The summed E-state index contributed by atoms with van der Waals surface area (Å²) < 4.78 is 11.0. The van der Waals surface area contributed by atoms with Gasteiger partial charge in [0.25, 0.3) is 11.8 Å². The van der Waals surface area contributed by atoms with Crippen molar-refractivity contribution in [1.29, 1.82) is 0 Å². The average Bonchev–Trinajstić information content (AvgIpc) is 3.25. The summed E-state index contributed by atoms with van der Waals surface area (Å²) in [4.78, 5) is 30.5. The van der Waals surface area contributed by atoms with Crippen molar-refractivity contribution in [3.05, 3.63) is 65.7 Å². The molecule has 1 saturated heterocycles. The molecule has 2 heterocycles. The molecular formula is C26H25N3O5. The first-order chi connectivity index (χ1) is 16.5. The number of morpholine rings is 1. The van der Waals surface area contributed by atoms with E-state index < -0.39 is 5.91 Å². The number of aromatic amines is 1. The molecule has 1 aromatic heterocycles. The molecule has 1 aliphatic rings. The Balaban J connectivity index is 1.65. The van der Waals surface area contributed by atoms with Crippen LogP contribution in [0, 0.1) is 0 Å². The number of nitrogens with one attached hydrogen (secondary N) is 1. The zero-order chi connectivity index (χ0) is 23.8. The second-order valence-electron chi connectivity index (χ2n) is 8.32. The smallest absolute Gasteiger partial charge is 0.254 e. The third-order valence-corrected chi connectivity index (χ3v) is 6.27. The van der Waals surface area contributed by atoms with Crippen LogP contribution >= 0.6 is 0 Å². The highest BCUT2D eigenvalue weighted by molar-refractivity contribution is 6.17. The molecule has 0 bridgehead atoms. The average molecular weight is 460 g/mol. The first-order valence-corrected chi connectivity index (χ1v) is 11.0. The molecule has 2 amide bonds. The van der Waals surface area contributed by atoms with Crippen LogP contribution in [0.15, 0.2) is 54.6 Å². The van der Waals surface area contributed by atoms with E-state index in [0.29, 0.717) is 42.1 Å². The normalized spacial score (nSPS) is 16.2. The summed E-state index contributed by atoms with van der Waals surface area (Å²) in [6, 6.07) is 16.7. The van der Waals surface area contributed by atoms with Crippen LogP contribution < -0.4 is 10.5 Å². The fourth-order valence-electron chi connectivity index (χ4n) is 4.56. The Hall–Kier alpha value is -3.88. The second-order valence-corrected chi connectivity index (χ2v) is 8.32. The van der Waals surface area contributed by atoms with Gasteiger partial charge in [0.05, 0.1) is 37.5 Å². The lowest BCUT2D eigenvalue weighted by Crippen LogP contribution is -2.46. The van der Waals surface area contributed by atoms with Crippen LogP contribution in [-0.2, 0) is 4.74 Å². The van der Waals surface area contributed by atoms with Crippen LogP contribution in [0.5, 0.6) is 5.75 Å². The molecule has 3 aromatic carbocycles. The SMILES string of the molecule is COc1ccccc1-c1cc(C(N)=O)c2[nH]c3ccc(C(=O)N4CCOC(CO)C4)cc3c2c1. The van der Waals surface area contributed by atoms with Crippen LogP contribution in [0.25, 0.3) is 32.9 Å². The molecule has 0 radical (unpaired) electrons. The van der Waals surface area contributed by atoms with E-state index in [1.165, 1.54) is 0 Å². The highest BCUT2D eigenvalue weighted by atomic mass is 16.5. The number of carbonyl (C=O) groups is 2. The number of primary amides is 1. The number of nitrogens with two attached hydrogens (primary N) is 1. The molecule has 4 N–H and O–H groups in total. The van der Waals surface area contributed by atoms with Crippen molar-refractivity contribution in [1.82, 2.24) is 9.88 Å². The number of amides is 2. The van der Waals surface area contributed by atoms with Crippen molar-refractivity contribution in [2.75, 3.05) is 33.4 Å². The zero-order valence-electron chi connectivity index (χ0n) is 18.7. The maximum Gasteiger partial charge on any atom is 0.254 e. The Bertz CT molecular complexity index is 1410. The van der Waals surface area contributed by atoms with E-state index in [2.05, 4.69) is 4.98 Å². The Morgan fingerprint density at radius 1 is 1.18 bits per heavy atom. The van der Waals surface area contributed by atoms with Crippen LogP contribution in [0.1, 0.15) is 20.7 Å². The molecule has 4 aromatic rings. The van der Waals surface area contributed by atoms with Gasteiger partial charge in [0.2, 0.25) is 0 Å². The first kappa shape index (κ1) is 21.9. The highest BCUT2D eigenvalue weighted by Crippen LogP contribution is 2.36. The largest absolute Gasteiger partial charge is 0.496 e. The lowest BCUT2D eigenvalue weighted by Gasteiger charge is -2.32. The summed E-state index contributed by atoms with van der Waals surface area (Å²) in [5.41, 5.74) is 9.66. The third kappa shape index (κ3) is 3.76. The number of hydrogen-bond acceptors (Lipinski definition) is 5. The Labute approximate surface area is 195 Å². The minimum absolute atomic E-state index is 0.131. The number of H-pyrrole nitrogens is 1. The monoisotopic (exact) mass is 459 g/mol. The fraction of sp³-hybridized carbons (Fsp3) is 0.231. The van der Waals surface area contributed by atoms with Gasteiger partial charge in [-0.3, -0.25) is 9.59 Å². The standard InChI is InChI=1S/C26H25N3O5/c1-33-23-5-3-2-4-18(23)16-11-20-19-10-15(26(32)29-8-9-34-17(13-29)14-30)6-7-22(19)28-24(20)21(12-16)25(27)31/h2-7,10-12,17,28,30H,8-9,13-14H2,1H3,(H2,27,31). The number of ether oxygens (including phenoxy) is 2. The number of carbonyl (C=O) groups excluding carboxylic acids is 2. The summed E-state index contributed by atoms with van der Waals surface area (Å²) in [6.07, 6.45) is -0.379. The first-order valence-electron chi connectivity index (χ1n) is 11.0. The van der Waals surface area contributed by atoms with Crippen molar-refractivity contribution in [3.8, 4) is 16.9 Å². The molecule has 1 fully saturated rings. The van der Waals surface area contributed by atoms with E-state index in [0.717, 1.165) is 27.4 Å². The van der Waals surface area contributed by atoms with Gasteiger partial charge in [0.15, 0.2) is 0 Å². The quantitative estimate of drug-likeness (QED) is 0.424. The van der Waals surface area contributed by atoms with E-state index in [9.17, 15) is 14.7 Å². The van der Waals surface area contributed by atoms with E-state index in [4.69, 9.17) is 15.2 Å². The Morgan fingerprint density at radius 3 is 2.76 bits per heavy atom. The lowest BCUT2D eigenvalue weighted by atomic mass is 9.97. The number of aliphatic hydroxyl groups excluding tert-OH is 1. The summed E-state index contributed by atoms with van der Waals surface area (Å²) in [6.45, 7) is 1.06. The van der Waals surface area contributed by atoms with Crippen molar-refractivity contribution >= 4 is 33.6 Å². The predicted octanol–water partition coefficient (Wildman–Crippen LogP) is 2.93. The maximum atomic E-state index is 13.2. The van der Waals surface area contributed by atoms with Crippen LogP contribution in [-0.4, -0.2) is 66.3 Å². The topological polar surface area (TPSA) is 118 Å². The molecular weight excluding hydrogens is 434 g/mol. The number of fused-ring (bicyclic) bond motifs is 3. The van der Waals surface area contributed by atoms with Crippen molar-refractivity contribution in [2.24, 2.45) is 5.73 Å². The van der Waals surface area contributed by atoms with Gasteiger partial charge in [0, 0.05) is 40.5 Å². The van der Waals surface area contributed by atoms with Gasteiger partial charge in [-0.25, -0.2) is 0 Å². The van der Waals surface area contributed by atoms with Gasteiger partial charge >= 0.3 is 0 Å². The van der Waals surface area contributed by atoms with Crippen LogP contribution in [0.4, 0.5) is 0 Å². The number of nitrogens with zero attached hydrogens (tertiary/aromatic N) is 1. The van der Waals surface area contributed by atoms with Crippen molar-refractivity contribution in [2.45, 2.75) is 6.10 Å². The number of aromatic nitrogens is 1. The molecule has 1 unspecified atom stereocenters. The summed E-state index contributed by atoms with van der Waals surface area (Å²) in [7, 11) is 1.60. The molecule has 1 aliphatic heterocycles. The van der Waals surface area contributed by atoms with E-state index in [-0.39, 0.29) is 18.6 Å². The van der Waals surface area contributed by atoms with Gasteiger partial charge in [-0.05, 0) is 42.0 Å². The predicted molar refractivity (Wildman–Crippen MR) is 129 cm³/mol. The third-order valence-electron chi connectivity index (χ3n) is 6.27. The van der Waals surface area contributed by atoms with E-state index in [1.807, 2.05) is 42.5 Å². The summed E-state index contributed by atoms with van der Waals surface area (Å²) in [5, 5.41) is 11.0.